The second-order valence-electron chi connectivity index (χ2n) is 4.91. The van der Waals surface area contributed by atoms with Gasteiger partial charge in [0.25, 0.3) is 5.91 Å². The van der Waals surface area contributed by atoms with E-state index in [1.54, 1.807) is 30.3 Å². The molecule has 0 saturated heterocycles. The number of rotatable bonds is 5. The molecule has 2 amide bonds. The summed E-state index contributed by atoms with van der Waals surface area (Å²) in [5.74, 6) is -0.204. The lowest BCUT2D eigenvalue weighted by Crippen LogP contribution is -2.33. The molecule has 5 nitrogen and oxygen atoms in total. The van der Waals surface area contributed by atoms with E-state index in [9.17, 15) is 9.59 Å². The van der Waals surface area contributed by atoms with Crippen molar-refractivity contribution in [2.24, 2.45) is 0 Å². The minimum Gasteiger partial charge on any atom is -0.496 e. The van der Waals surface area contributed by atoms with E-state index in [-0.39, 0.29) is 18.4 Å². The SMILES string of the molecule is COc1ccccc1C(=O)NCC(=O)Nc1ccc(C)cc1Br. The van der Waals surface area contributed by atoms with Crippen molar-refractivity contribution in [3.05, 3.63) is 58.1 Å². The number of carbonyl (C=O) groups excluding carboxylic acids is 2. The van der Waals surface area contributed by atoms with Crippen molar-refractivity contribution in [2.75, 3.05) is 19.0 Å². The van der Waals surface area contributed by atoms with Gasteiger partial charge in [0.2, 0.25) is 5.91 Å². The van der Waals surface area contributed by atoms with Gasteiger partial charge in [-0.1, -0.05) is 18.2 Å². The van der Waals surface area contributed by atoms with E-state index in [2.05, 4.69) is 26.6 Å². The predicted octanol–water partition coefficient (Wildman–Crippen LogP) is 3.13. The van der Waals surface area contributed by atoms with Crippen molar-refractivity contribution >= 4 is 33.4 Å². The van der Waals surface area contributed by atoms with E-state index in [0.717, 1.165) is 10.0 Å². The molecule has 2 aromatic rings. The van der Waals surface area contributed by atoms with Crippen LogP contribution in [0.1, 0.15) is 15.9 Å². The zero-order valence-corrected chi connectivity index (χ0v) is 14.4. The lowest BCUT2D eigenvalue weighted by atomic mass is 10.2. The number of amides is 2. The molecule has 0 aliphatic rings. The van der Waals surface area contributed by atoms with Crippen LogP contribution in [-0.4, -0.2) is 25.5 Å². The molecule has 0 saturated carbocycles. The maximum absolute atomic E-state index is 12.1. The van der Waals surface area contributed by atoms with Crippen LogP contribution in [0.2, 0.25) is 0 Å². The van der Waals surface area contributed by atoms with E-state index in [4.69, 9.17) is 4.74 Å². The first-order valence-corrected chi connectivity index (χ1v) is 7.78. The highest BCUT2D eigenvalue weighted by atomic mass is 79.9. The Kier molecular flexibility index (Phi) is 5.76. The number of aryl methyl sites for hydroxylation is 1. The quantitative estimate of drug-likeness (QED) is 0.842. The van der Waals surface area contributed by atoms with Gasteiger partial charge in [-0.25, -0.2) is 0 Å². The van der Waals surface area contributed by atoms with E-state index < -0.39 is 0 Å². The molecular weight excluding hydrogens is 360 g/mol. The van der Waals surface area contributed by atoms with Crippen molar-refractivity contribution in [3.8, 4) is 5.75 Å². The molecule has 2 N–H and O–H groups in total. The Morgan fingerprint density at radius 3 is 2.61 bits per heavy atom. The Bertz CT molecular complexity index is 732. The molecule has 0 spiro atoms. The molecule has 0 aromatic heterocycles. The summed E-state index contributed by atoms with van der Waals surface area (Å²) >= 11 is 3.39. The van der Waals surface area contributed by atoms with Gasteiger partial charge in [0, 0.05) is 4.47 Å². The van der Waals surface area contributed by atoms with Gasteiger partial charge in [-0.15, -0.1) is 0 Å². The van der Waals surface area contributed by atoms with Crippen molar-refractivity contribution < 1.29 is 14.3 Å². The van der Waals surface area contributed by atoms with Crippen molar-refractivity contribution in [3.63, 3.8) is 0 Å². The molecule has 0 unspecified atom stereocenters. The number of benzene rings is 2. The molecule has 0 aliphatic carbocycles. The third kappa shape index (κ3) is 4.56. The first kappa shape index (κ1) is 17.0. The molecule has 0 heterocycles. The zero-order valence-electron chi connectivity index (χ0n) is 12.9. The molecule has 0 bridgehead atoms. The highest BCUT2D eigenvalue weighted by molar-refractivity contribution is 9.10. The van der Waals surface area contributed by atoms with Gasteiger partial charge >= 0.3 is 0 Å². The summed E-state index contributed by atoms with van der Waals surface area (Å²) in [7, 11) is 1.49. The van der Waals surface area contributed by atoms with Crippen LogP contribution in [0, 0.1) is 6.92 Å². The van der Waals surface area contributed by atoms with Crippen molar-refractivity contribution in [2.45, 2.75) is 6.92 Å². The van der Waals surface area contributed by atoms with Gasteiger partial charge in [0.05, 0.1) is 24.9 Å². The molecular formula is C17H17BrN2O3. The number of anilines is 1. The van der Waals surface area contributed by atoms with E-state index in [0.29, 0.717) is 17.0 Å². The Morgan fingerprint density at radius 2 is 1.91 bits per heavy atom. The first-order valence-electron chi connectivity index (χ1n) is 6.98. The van der Waals surface area contributed by atoms with Crippen LogP contribution < -0.4 is 15.4 Å². The highest BCUT2D eigenvalue weighted by Gasteiger charge is 2.13. The largest absolute Gasteiger partial charge is 0.496 e. The first-order chi connectivity index (χ1) is 11.0. The van der Waals surface area contributed by atoms with Crippen LogP contribution in [0.25, 0.3) is 0 Å². The third-order valence-corrected chi connectivity index (χ3v) is 3.82. The second-order valence-corrected chi connectivity index (χ2v) is 5.77. The summed E-state index contributed by atoms with van der Waals surface area (Å²) in [6.07, 6.45) is 0. The van der Waals surface area contributed by atoms with Gasteiger partial charge in [-0.05, 0) is 52.7 Å². The molecule has 120 valence electrons. The third-order valence-electron chi connectivity index (χ3n) is 3.16. The van der Waals surface area contributed by atoms with Crippen LogP contribution in [0.3, 0.4) is 0 Å². The molecule has 2 rings (SSSR count). The number of nitrogens with one attached hydrogen (secondary N) is 2. The average Bonchev–Trinajstić information content (AvgIpc) is 2.55. The Hall–Kier alpha value is -2.34. The van der Waals surface area contributed by atoms with Crippen LogP contribution in [0.5, 0.6) is 5.75 Å². The fourth-order valence-electron chi connectivity index (χ4n) is 2.00. The van der Waals surface area contributed by atoms with E-state index in [1.165, 1.54) is 7.11 Å². The number of methoxy groups -OCH3 is 1. The summed E-state index contributed by atoms with van der Waals surface area (Å²) in [4.78, 5) is 24.1. The lowest BCUT2D eigenvalue weighted by Gasteiger charge is -2.10. The van der Waals surface area contributed by atoms with E-state index >= 15 is 0 Å². The van der Waals surface area contributed by atoms with Gasteiger partial charge < -0.3 is 15.4 Å². The molecule has 0 atom stereocenters. The topological polar surface area (TPSA) is 67.4 Å². The lowest BCUT2D eigenvalue weighted by molar-refractivity contribution is -0.115. The van der Waals surface area contributed by atoms with Crippen LogP contribution >= 0.6 is 15.9 Å². The molecule has 23 heavy (non-hydrogen) atoms. The number of hydrogen-bond acceptors (Lipinski definition) is 3. The number of para-hydroxylation sites is 1. The van der Waals surface area contributed by atoms with Crippen LogP contribution in [0.15, 0.2) is 46.9 Å². The zero-order chi connectivity index (χ0) is 16.8. The van der Waals surface area contributed by atoms with Crippen LogP contribution in [-0.2, 0) is 4.79 Å². The molecule has 0 fully saturated rings. The number of carbonyl (C=O) groups is 2. The maximum Gasteiger partial charge on any atom is 0.255 e. The summed E-state index contributed by atoms with van der Waals surface area (Å²) in [6, 6.07) is 12.5. The molecule has 0 radical (unpaired) electrons. The minimum atomic E-state index is -0.361. The van der Waals surface area contributed by atoms with E-state index in [1.807, 2.05) is 19.1 Å². The van der Waals surface area contributed by atoms with Gasteiger partial charge in [-0.2, -0.15) is 0 Å². The number of ether oxygens (including phenoxy) is 1. The van der Waals surface area contributed by atoms with Gasteiger partial charge in [0.1, 0.15) is 5.75 Å². The van der Waals surface area contributed by atoms with Gasteiger partial charge in [0.15, 0.2) is 0 Å². The Balaban J connectivity index is 1.95. The van der Waals surface area contributed by atoms with Crippen molar-refractivity contribution in [1.82, 2.24) is 5.32 Å². The smallest absolute Gasteiger partial charge is 0.255 e. The number of halogens is 1. The predicted molar refractivity (Wildman–Crippen MR) is 92.8 cm³/mol. The summed E-state index contributed by atoms with van der Waals surface area (Å²) in [5.41, 5.74) is 2.13. The Morgan fingerprint density at radius 1 is 1.17 bits per heavy atom. The fraction of sp³-hybridized carbons (Fsp3) is 0.176. The average molecular weight is 377 g/mol. The molecule has 6 heteroatoms. The van der Waals surface area contributed by atoms with Gasteiger partial charge in [-0.3, -0.25) is 9.59 Å². The molecule has 0 aliphatic heterocycles. The highest BCUT2D eigenvalue weighted by Crippen LogP contribution is 2.23. The standard InChI is InChI=1S/C17H17BrN2O3/c1-11-7-8-14(13(18)9-11)20-16(21)10-19-17(22)12-5-3-4-6-15(12)23-2/h3-9H,10H2,1-2H3,(H,19,22)(H,20,21). The van der Waals surface area contributed by atoms with Crippen LogP contribution in [0.4, 0.5) is 5.69 Å². The summed E-state index contributed by atoms with van der Waals surface area (Å²) in [6.45, 7) is 1.83. The second kappa shape index (κ2) is 7.78. The summed E-state index contributed by atoms with van der Waals surface area (Å²) in [5, 5.41) is 5.32. The normalized spacial score (nSPS) is 10.0. The minimum absolute atomic E-state index is 0.128. The maximum atomic E-state index is 12.1. The summed E-state index contributed by atoms with van der Waals surface area (Å²) < 4.78 is 5.92. The molecule has 2 aromatic carbocycles. The fourth-order valence-corrected chi connectivity index (χ4v) is 2.60. The number of hydrogen-bond donors (Lipinski definition) is 2. The monoisotopic (exact) mass is 376 g/mol. The van der Waals surface area contributed by atoms with Crippen molar-refractivity contribution in [1.29, 1.82) is 0 Å². The Labute approximate surface area is 143 Å².